The fourth-order valence-electron chi connectivity index (χ4n) is 1.84. The first kappa shape index (κ1) is 12.0. The van der Waals surface area contributed by atoms with Gasteiger partial charge in [-0.05, 0) is 25.3 Å². The number of carbonyl (C=O) groups excluding carboxylic acids is 1. The lowest BCUT2D eigenvalue weighted by molar-refractivity contribution is 0.0530. The van der Waals surface area contributed by atoms with Crippen molar-refractivity contribution >= 4 is 29.9 Å². The van der Waals surface area contributed by atoms with Crippen LogP contribution in [0.4, 0.5) is 0 Å². The van der Waals surface area contributed by atoms with Gasteiger partial charge in [-0.3, -0.25) is 4.79 Å². The SMILES string of the molecule is O=C(c1cc(S)cs1)N(CCO)C1CCC1. The molecule has 88 valence electrons. The number of amides is 1. The van der Waals surface area contributed by atoms with E-state index in [1.165, 1.54) is 17.8 Å². The maximum Gasteiger partial charge on any atom is 0.264 e. The molecule has 0 radical (unpaired) electrons. The summed E-state index contributed by atoms with van der Waals surface area (Å²) in [6, 6.07) is 2.12. The van der Waals surface area contributed by atoms with E-state index in [1.54, 1.807) is 11.0 Å². The largest absolute Gasteiger partial charge is 0.395 e. The van der Waals surface area contributed by atoms with Gasteiger partial charge in [-0.25, -0.2) is 0 Å². The average Bonchev–Trinajstić information content (AvgIpc) is 2.60. The summed E-state index contributed by atoms with van der Waals surface area (Å²) in [5, 5.41) is 10.9. The van der Waals surface area contributed by atoms with E-state index in [0.29, 0.717) is 17.5 Å². The topological polar surface area (TPSA) is 40.5 Å². The number of thiol groups is 1. The third-order valence-corrected chi connectivity index (χ3v) is 4.26. The number of hydrogen-bond donors (Lipinski definition) is 2. The third-order valence-electron chi connectivity index (χ3n) is 2.91. The summed E-state index contributed by atoms with van der Waals surface area (Å²) in [5.41, 5.74) is 0. The van der Waals surface area contributed by atoms with E-state index >= 15 is 0 Å². The summed E-state index contributed by atoms with van der Waals surface area (Å²) in [7, 11) is 0. The van der Waals surface area contributed by atoms with E-state index in [1.807, 2.05) is 5.38 Å². The third kappa shape index (κ3) is 2.42. The second-order valence-electron chi connectivity index (χ2n) is 3.98. The van der Waals surface area contributed by atoms with Crippen LogP contribution >= 0.6 is 24.0 Å². The van der Waals surface area contributed by atoms with Gasteiger partial charge >= 0.3 is 0 Å². The lowest BCUT2D eigenvalue weighted by Gasteiger charge is -2.37. The summed E-state index contributed by atoms with van der Waals surface area (Å²) in [6.07, 6.45) is 3.30. The molecule has 0 aromatic carbocycles. The molecular formula is C11H15NO2S2. The minimum Gasteiger partial charge on any atom is -0.395 e. The van der Waals surface area contributed by atoms with E-state index in [4.69, 9.17) is 5.11 Å². The normalized spacial score (nSPS) is 15.9. The Morgan fingerprint density at radius 1 is 1.62 bits per heavy atom. The van der Waals surface area contributed by atoms with Crippen molar-refractivity contribution in [1.82, 2.24) is 4.90 Å². The molecule has 1 saturated carbocycles. The van der Waals surface area contributed by atoms with Crippen molar-refractivity contribution in [3.8, 4) is 0 Å². The first-order chi connectivity index (χ1) is 7.72. The summed E-state index contributed by atoms with van der Waals surface area (Å²) in [4.78, 5) is 15.5. The van der Waals surface area contributed by atoms with E-state index in [-0.39, 0.29) is 12.5 Å². The Hall–Kier alpha value is -0.520. The molecule has 0 saturated heterocycles. The number of hydrogen-bond acceptors (Lipinski definition) is 4. The molecule has 1 amide bonds. The standard InChI is InChI=1S/C11H15NO2S2/c13-5-4-12(8-2-1-3-8)11(14)10-6-9(15)7-16-10/h6-8,13,15H,1-5H2. The van der Waals surface area contributed by atoms with E-state index in [9.17, 15) is 4.79 Å². The van der Waals surface area contributed by atoms with Crippen molar-refractivity contribution in [3.05, 3.63) is 16.3 Å². The van der Waals surface area contributed by atoms with Crippen molar-refractivity contribution in [1.29, 1.82) is 0 Å². The first-order valence-electron chi connectivity index (χ1n) is 5.41. The van der Waals surface area contributed by atoms with Gasteiger partial charge in [-0.2, -0.15) is 0 Å². The van der Waals surface area contributed by atoms with Crippen molar-refractivity contribution in [2.24, 2.45) is 0 Å². The van der Waals surface area contributed by atoms with Crippen LogP contribution in [0.25, 0.3) is 0 Å². The van der Waals surface area contributed by atoms with Gasteiger partial charge in [0.2, 0.25) is 0 Å². The van der Waals surface area contributed by atoms with Gasteiger partial charge in [0.1, 0.15) is 0 Å². The molecule has 1 aliphatic rings. The Morgan fingerprint density at radius 2 is 2.38 bits per heavy atom. The number of aliphatic hydroxyl groups excluding tert-OH is 1. The zero-order chi connectivity index (χ0) is 11.5. The number of thiophene rings is 1. The van der Waals surface area contributed by atoms with E-state index < -0.39 is 0 Å². The highest BCUT2D eigenvalue weighted by Gasteiger charge is 2.29. The number of nitrogens with zero attached hydrogens (tertiary/aromatic N) is 1. The van der Waals surface area contributed by atoms with Crippen LogP contribution in [0.15, 0.2) is 16.3 Å². The van der Waals surface area contributed by atoms with Gasteiger partial charge in [-0.1, -0.05) is 0 Å². The average molecular weight is 257 g/mol. The smallest absolute Gasteiger partial charge is 0.264 e. The zero-order valence-electron chi connectivity index (χ0n) is 8.93. The van der Waals surface area contributed by atoms with Gasteiger partial charge in [0.15, 0.2) is 0 Å². The van der Waals surface area contributed by atoms with Gasteiger partial charge in [-0.15, -0.1) is 24.0 Å². The summed E-state index contributed by atoms with van der Waals surface area (Å²) >= 11 is 5.61. The Kier molecular flexibility index (Phi) is 3.89. The summed E-state index contributed by atoms with van der Waals surface area (Å²) in [5.74, 6) is 0.0315. The van der Waals surface area contributed by atoms with Gasteiger partial charge in [0.05, 0.1) is 11.5 Å². The minimum atomic E-state index is 0.0291. The molecule has 2 rings (SSSR count). The van der Waals surface area contributed by atoms with Crippen LogP contribution in [-0.4, -0.2) is 35.1 Å². The molecule has 1 N–H and O–H groups in total. The van der Waals surface area contributed by atoms with Gasteiger partial charge in [0.25, 0.3) is 5.91 Å². The Bertz CT molecular complexity index is 374. The lowest BCUT2D eigenvalue weighted by Crippen LogP contribution is -2.45. The first-order valence-corrected chi connectivity index (χ1v) is 6.74. The Balaban J connectivity index is 2.09. The second kappa shape index (κ2) is 5.21. The fraction of sp³-hybridized carbons (Fsp3) is 0.545. The summed E-state index contributed by atoms with van der Waals surface area (Å²) in [6.45, 7) is 0.463. The predicted molar refractivity (Wildman–Crippen MR) is 67.3 cm³/mol. The molecule has 5 heteroatoms. The lowest BCUT2D eigenvalue weighted by atomic mass is 9.91. The van der Waals surface area contributed by atoms with Crippen LogP contribution in [0, 0.1) is 0 Å². The molecule has 0 bridgehead atoms. The molecule has 1 aromatic rings. The maximum atomic E-state index is 12.2. The van der Waals surface area contributed by atoms with Crippen LogP contribution in [-0.2, 0) is 0 Å². The fourth-order valence-corrected chi connectivity index (χ4v) is 2.94. The molecule has 0 spiro atoms. The minimum absolute atomic E-state index is 0.0291. The summed E-state index contributed by atoms with van der Waals surface area (Å²) < 4.78 is 0. The number of rotatable bonds is 4. The molecule has 1 fully saturated rings. The van der Waals surface area contributed by atoms with Crippen LogP contribution < -0.4 is 0 Å². The van der Waals surface area contributed by atoms with Crippen molar-refractivity contribution in [3.63, 3.8) is 0 Å². The van der Waals surface area contributed by atoms with Crippen LogP contribution in [0.5, 0.6) is 0 Å². The monoisotopic (exact) mass is 257 g/mol. The second-order valence-corrected chi connectivity index (χ2v) is 5.40. The van der Waals surface area contributed by atoms with Crippen LogP contribution in [0.3, 0.4) is 0 Å². The Morgan fingerprint density at radius 3 is 2.81 bits per heavy atom. The molecule has 16 heavy (non-hydrogen) atoms. The van der Waals surface area contributed by atoms with Crippen LogP contribution in [0.2, 0.25) is 0 Å². The molecule has 0 unspecified atom stereocenters. The quantitative estimate of drug-likeness (QED) is 0.810. The predicted octanol–water partition coefficient (Wildman–Crippen LogP) is 2.02. The molecule has 0 aliphatic heterocycles. The molecule has 1 aliphatic carbocycles. The van der Waals surface area contributed by atoms with Crippen LogP contribution in [0.1, 0.15) is 28.9 Å². The van der Waals surface area contributed by atoms with Crippen molar-refractivity contribution in [2.75, 3.05) is 13.2 Å². The van der Waals surface area contributed by atoms with Crippen molar-refractivity contribution < 1.29 is 9.90 Å². The highest BCUT2D eigenvalue weighted by molar-refractivity contribution is 7.80. The Labute approximate surface area is 104 Å². The van der Waals surface area contributed by atoms with Crippen molar-refractivity contribution in [2.45, 2.75) is 30.2 Å². The van der Waals surface area contributed by atoms with E-state index in [2.05, 4.69) is 12.6 Å². The van der Waals surface area contributed by atoms with Gasteiger partial charge < -0.3 is 10.0 Å². The van der Waals surface area contributed by atoms with Gasteiger partial charge in [0, 0.05) is 22.9 Å². The maximum absolute atomic E-state index is 12.2. The molecule has 3 nitrogen and oxygen atoms in total. The molecule has 1 heterocycles. The highest BCUT2D eigenvalue weighted by atomic mass is 32.1. The highest BCUT2D eigenvalue weighted by Crippen LogP contribution is 2.27. The molecular weight excluding hydrogens is 242 g/mol. The number of carbonyl (C=O) groups is 1. The molecule has 0 atom stereocenters. The van der Waals surface area contributed by atoms with E-state index in [0.717, 1.165) is 17.7 Å². The molecule has 1 aromatic heterocycles. The number of aliphatic hydroxyl groups is 1. The zero-order valence-corrected chi connectivity index (χ0v) is 10.6.